The van der Waals surface area contributed by atoms with Gasteiger partial charge in [0.1, 0.15) is 5.75 Å². The first-order valence-corrected chi connectivity index (χ1v) is 16.0. The van der Waals surface area contributed by atoms with E-state index in [4.69, 9.17) is 25.4 Å². The van der Waals surface area contributed by atoms with Crippen LogP contribution in [0.15, 0.2) is 87.8 Å². The van der Waals surface area contributed by atoms with Gasteiger partial charge in [-0.25, -0.2) is 13.8 Å². The smallest absolute Gasteiger partial charge is 0.270 e. The van der Waals surface area contributed by atoms with Gasteiger partial charge in [-0.1, -0.05) is 54.6 Å². The SMILES string of the molecule is C=NC/C(=N\CN(CCc1ccc(OC(C)(C)C=O)cc1)Cc1ccc(C(=N)N=CC2CC2)cc1)c1cccc(C(C)(F)F)c1.CO.CO. The molecule has 1 fully saturated rings. The second-order valence-corrected chi connectivity index (χ2v) is 12.0. The Labute approximate surface area is 288 Å². The highest BCUT2D eigenvalue weighted by Crippen LogP contribution is 2.28. The molecule has 0 aliphatic heterocycles. The fourth-order valence-corrected chi connectivity index (χ4v) is 4.56. The average Bonchev–Trinajstić information content (AvgIpc) is 3.95. The number of alkyl halides is 2. The van der Waals surface area contributed by atoms with Gasteiger partial charge in [-0.2, -0.15) is 0 Å². The molecular weight excluding hydrogens is 628 g/mol. The Balaban J connectivity index is 0.00000201. The summed E-state index contributed by atoms with van der Waals surface area (Å²) in [6, 6.07) is 21.7. The van der Waals surface area contributed by atoms with Crippen LogP contribution in [0.3, 0.4) is 0 Å². The van der Waals surface area contributed by atoms with E-state index >= 15 is 0 Å². The monoisotopic (exact) mass is 677 g/mol. The lowest BCUT2D eigenvalue weighted by Gasteiger charge is -2.22. The molecule has 1 aliphatic carbocycles. The summed E-state index contributed by atoms with van der Waals surface area (Å²) in [7, 11) is 2.00. The number of halogens is 2. The molecule has 0 spiro atoms. The molecule has 0 radical (unpaired) electrons. The van der Waals surface area contributed by atoms with Crippen molar-refractivity contribution >= 4 is 30.8 Å². The van der Waals surface area contributed by atoms with Crippen LogP contribution in [0, 0.1) is 11.3 Å². The number of nitrogens with zero attached hydrogens (tertiary/aromatic N) is 4. The number of aldehydes is 1. The minimum Gasteiger partial charge on any atom is -0.480 e. The summed E-state index contributed by atoms with van der Waals surface area (Å²) in [4.78, 5) is 26.5. The second kappa shape index (κ2) is 20.2. The van der Waals surface area contributed by atoms with Gasteiger partial charge in [-0.15, -0.1) is 0 Å². The highest BCUT2D eigenvalue weighted by molar-refractivity contribution is 6.02. The van der Waals surface area contributed by atoms with Crippen molar-refractivity contribution in [1.82, 2.24) is 4.90 Å². The first kappa shape index (κ1) is 40.7. The van der Waals surface area contributed by atoms with Crippen molar-refractivity contribution in [3.05, 3.63) is 101 Å². The van der Waals surface area contributed by atoms with Gasteiger partial charge in [0.05, 0.1) is 18.9 Å². The highest BCUT2D eigenvalue weighted by Gasteiger charge is 2.25. The van der Waals surface area contributed by atoms with Crippen LogP contribution in [0.1, 0.15) is 61.4 Å². The molecule has 11 heteroatoms. The van der Waals surface area contributed by atoms with Crippen LogP contribution in [-0.4, -0.2) is 85.5 Å². The zero-order chi connectivity index (χ0) is 36.5. The minimum atomic E-state index is -2.97. The maximum atomic E-state index is 14.1. The van der Waals surface area contributed by atoms with Crippen LogP contribution in [0.25, 0.3) is 0 Å². The number of benzene rings is 3. The van der Waals surface area contributed by atoms with Crippen LogP contribution in [0.5, 0.6) is 5.75 Å². The molecule has 49 heavy (non-hydrogen) atoms. The number of carbonyl (C=O) groups is 1. The molecule has 1 saturated carbocycles. The fourth-order valence-electron chi connectivity index (χ4n) is 4.56. The van der Waals surface area contributed by atoms with Crippen molar-refractivity contribution < 1.29 is 28.5 Å². The number of nitrogens with one attached hydrogen (secondary N) is 1. The van der Waals surface area contributed by atoms with E-state index in [1.807, 2.05) is 54.7 Å². The van der Waals surface area contributed by atoms with Crippen molar-refractivity contribution in [2.24, 2.45) is 20.9 Å². The minimum absolute atomic E-state index is 0.0790. The number of carbonyl (C=O) groups excluding carboxylic acids is 1. The lowest BCUT2D eigenvalue weighted by Crippen LogP contribution is -2.29. The molecule has 4 rings (SSSR count). The number of aliphatic hydroxyl groups is 2. The van der Waals surface area contributed by atoms with Crippen LogP contribution >= 0.6 is 0 Å². The Hall–Kier alpha value is -4.45. The van der Waals surface area contributed by atoms with Gasteiger partial charge in [0.2, 0.25) is 0 Å². The van der Waals surface area contributed by atoms with E-state index in [2.05, 4.69) is 21.6 Å². The predicted molar refractivity (Wildman–Crippen MR) is 194 cm³/mol. The van der Waals surface area contributed by atoms with Crippen LogP contribution in [0.4, 0.5) is 8.78 Å². The average molecular weight is 678 g/mol. The summed E-state index contributed by atoms with van der Waals surface area (Å²) in [5.41, 5.74) is 3.07. The standard InChI is InChI=1S/C36H41F2N5O2.2CH4O/c1-35(2,24-44)45-32-16-12-26(13-17-32)18-19-43(23-28-10-14-29(15-11-28)34(39)41-21-27-8-9-27)25-42-33(22-40-4)30-6-5-7-31(20-30)36(3,37)38;2*1-2/h5-7,10-17,20-21,24,27,39H,4,8-9,18-19,22-23,25H2,1-3H3;2*2H,1H3/b39-34?,41-21?,42-33+;;. The number of rotatable bonds is 16. The fraction of sp³-hybridized carbons (Fsp3) is 0.395. The van der Waals surface area contributed by atoms with E-state index in [-0.39, 0.29) is 17.9 Å². The Morgan fingerprint density at radius 3 is 2.18 bits per heavy atom. The van der Waals surface area contributed by atoms with Crippen LogP contribution in [0.2, 0.25) is 0 Å². The molecule has 0 aromatic heterocycles. The van der Waals surface area contributed by atoms with Gasteiger partial charge in [0.15, 0.2) is 17.7 Å². The van der Waals surface area contributed by atoms with Crippen molar-refractivity contribution in [2.45, 2.75) is 58.1 Å². The van der Waals surface area contributed by atoms with Gasteiger partial charge in [-0.05, 0) is 80.6 Å². The highest BCUT2D eigenvalue weighted by atomic mass is 19.3. The summed E-state index contributed by atoms with van der Waals surface area (Å²) in [5.74, 6) is -1.59. The number of hydrogen-bond donors (Lipinski definition) is 3. The van der Waals surface area contributed by atoms with E-state index in [1.54, 1.807) is 26.0 Å². The predicted octanol–water partition coefficient (Wildman–Crippen LogP) is 6.37. The summed E-state index contributed by atoms with van der Waals surface area (Å²) < 4.78 is 33.9. The van der Waals surface area contributed by atoms with Gasteiger partial charge in [0, 0.05) is 51.6 Å². The number of amidine groups is 1. The Kier molecular flexibility index (Phi) is 16.7. The van der Waals surface area contributed by atoms with E-state index in [9.17, 15) is 13.6 Å². The lowest BCUT2D eigenvalue weighted by molar-refractivity contribution is -0.119. The molecule has 3 aromatic rings. The number of aliphatic hydroxyl groups excluding tert-OH is 2. The maximum Gasteiger partial charge on any atom is 0.270 e. The summed E-state index contributed by atoms with van der Waals surface area (Å²) in [6.45, 7) is 9.66. The Morgan fingerprint density at radius 1 is 0.980 bits per heavy atom. The Morgan fingerprint density at radius 2 is 1.61 bits per heavy atom. The molecule has 9 nitrogen and oxygen atoms in total. The molecule has 3 N–H and O–H groups in total. The first-order chi connectivity index (χ1) is 23.5. The zero-order valence-electron chi connectivity index (χ0n) is 29.1. The molecule has 0 atom stereocenters. The van der Waals surface area contributed by atoms with E-state index in [1.165, 1.54) is 12.1 Å². The van der Waals surface area contributed by atoms with E-state index < -0.39 is 11.5 Å². The Bertz CT molecular complexity index is 1530. The summed E-state index contributed by atoms with van der Waals surface area (Å²) >= 11 is 0. The van der Waals surface area contributed by atoms with Crippen molar-refractivity contribution in [1.29, 1.82) is 5.41 Å². The molecular formula is C38H49F2N5O4. The second-order valence-electron chi connectivity index (χ2n) is 12.0. The normalized spacial score (nSPS) is 13.2. The molecule has 3 aromatic carbocycles. The summed E-state index contributed by atoms with van der Waals surface area (Å²) in [5, 5.41) is 22.3. The molecule has 0 unspecified atom stereocenters. The molecule has 0 bridgehead atoms. The van der Waals surface area contributed by atoms with Crippen molar-refractivity contribution in [3.8, 4) is 5.75 Å². The molecule has 0 heterocycles. The number of ether oxygens (including phenoxy) is 1. The quantitative estimate of drug-likeness (QED) is 0.0922. The number of aliphatic imine (C=N–C) groups is 3. The summed E-state index contributed by atoms with van der Waals surface area (Å²) in [6.07, 6.45) is 5.65. The van der Waals surface area contributed by atoms with E-state index in [0.29, 0.717) is 42.7 Å². The molecule has 0 amide bonds. The largest absolute Gasteiger partial charge is 0.480 e. The van der Waals surface area contributed by atoms with Crippen molar-refractivity contribution in [2.75, 3.05) is 34.0 Å². The number of hydrogen-bond acceptors (Lipinski definition) is 8. The maximum absolute atomic E-state index is 14.1. The first-order valence-electron chi connectivity index (χ1n) is 16.0. The third-order valence-electron chi connectivity index (χ3n) is 7.40. The topological polar surface area (TPSA) is 131 Å². The van der Waals surface area contributed by atoms with Gasteiger partial charge < -0.3 is 14.9 Å². The van der Waals surface area contributed by atoms with Gasteiger partial charge in [-0.3, -0.25) is 25.1 Å². The third-order valence-corrected chi connectivity index (χ3v) is 7.40. The molecule has 0 saturated heterocycles. The van der Waals surface area contributed by atoms with Gasteiger partial charge >= 0.3 is 0 Å². The molecule has 1 aliphatic rings. The van der Waals surface area contributed by atoms with Gasteiger partial charge in [0.25, 0.3) is 5.92 Å². The lowest BCUT2D eigenvalue weighted by atomic mass is 10.0. The van der Waals surface area contributed by atoms with E-state index in [0.717, 1.165) is 63.4 Å². The van der Waals surface area contributed by atoms with Crippen LogP contribution in [-0.2, 0) is 23.7 Å². The van der Waals surface area contributed by atoms with Crippen molar-refractivity contribution in [3.63, 3.8) is 0 Å². The third kappa shape index (κ3) is 14.3. The molecule has 264 valence electrons. The zero-order valence-corrected chi connectivity index (χ0v) is 29.1. The van der Waals surface area contributed by atoms with Crippen LogP contribution < -0.4 is 4.74 Å².